The molecule has 3 nitrogen and oxygen atoms in total. The summed E-state index contributed by atoms with van der Waals surface area (Å²) in [4.78, 5) is 14.2. The molecule has 120 valence electrons. The van der Waals surface area contributed by atoms with E-state index in [1.165, 1.54) is 24.0 Å². The van der Waals surface area contributed by atoms with Crippen LogP contribution in [0.15, 0.2) is 48.5 Å². The molecule has 0 bridgehead atoms. The number of ether oxygens (including phenoxy) is 1. The van der Waals surface area contributed by atoms with Crippen LogP contribution in [0.2, 0.25) is 0 Å². The maximum absolute atomic E-state index is 12.5. The fourth-order valence-electron chi connectivity index (χ4n) is 3.09. The molecule has 0 aromatic heterocycles. The van der Waals surface area contributed by atoms with Crippen LogP contribution in [0.3, 0.4) is 0 Å². The molecule has 3 rings (SSSR count). The number of aryl methyl sites for hydroxylation is 2. The molecule has 2 aromatic carbocycles. The minimum Gasteiger partial charge on any atom is -0.481 e. The van der Waals surface area contributed by atoms with E-state index in [2.05, 4.69) is 12.1 Å². The summed E-state index contributed by atoms with van der Waals surface area (Å²) in [5, 5.41) is 0. The van der Waals surface area contributed by atoms with Crippen LogP contribution in [-0.4, -0.2) is 19.1 Å². The largest absolute Gasteiger partial charge is 0.481 e. The van der Waals surface area contributed by atoms with E-state index in [1.807, 2.05) is 36.4 Å². The highest BCUT2D eigenvalue weighted by Crippen LogP contribution is 2.26. The smallest absolute Gasteiger partial charge is 0.267 e. The Labute approximate surface area is 137 Å². The van der Waals surface area contributed by atoms with Gasteiger partial charge in [0.15, 0.2) is 6.10 Å². The fraction of sp³-hybridized carbons (Fsp3) is 0.350. The number of hydrogen-bond acceptors (Lipinski definition) is 2. The first-order valence-electron chi connectivity index (χ1n) is 8.26. The summed E-state index contributed by atoms with van der Waals surface area (Å²) in [5.41, 5.74) is 3.66. The van der Waals surface area contributed by atoms with Crippen LogP contribution in [0.25, 0.3) is 0 Å². The summed E-state index contributed by atoms with van der Waals surface area (Å²) in [7, 11) is 1.78. The van der Waals surface area contributed by atoms with Gasteiger partial charge in [-0.3, -0.25) is 4.79 Å². The lowest BCUT2D eigenvalue weighted by Crippen LogP contribution is -2.38. The van der Waals surface area contributed by atoms with Crippen molar-refractivity contribution >= 4 is 11.6 Å². The molecule has 23 heavy (non-hydrogen) atoms. The molecule has 0 unspecified atom stereocenters. The van der Waals surface area contributed by atoms with Crippen LogP contribution in [-0.2, 0) is 17.6 Å². The van der Waals surface area contributed by atoms with Gasteiger partial charge in [-0.1, -0.05) is 24.3 Å². The Morgan fingerprint density at radius 2 is 1.74 bits per heavy atom. The zero-order chi connectivity index (χ0) is 16.2. The fourth-order valence-corrected chi connectivity index (χ4v) is 3.09. The van der Waals surface area contributed by atoms with E-state index >= 15 is 0 Å². The monoisotopic (exact) mass is 309 g/mol. The third-order valence-electron chi connectivity index (χ3n) is 4.45. The van der Waals surface area contributed by atoms with Crippen molar-refractivity contribution in [1.29, 1.82) is 0 Å². The van der Waals surface area contributed by atoms with E-state index < -0.39 is 6.10 Å². The number of benzene rings is 2. The summed E-state index contributed by atoms with van der Waals surface area (Å²) < 4.78 is 5.89. The first kappa shape index (κ1) is 15.6. The Kier molecular flexibility index (Phi) is 4.65. The van der Waals surface area contributed by atoms with Crippen molar-refractivity contribution in [1.82, 2.24) is 0 Å². The number of para-hydroxylation sites is 1. The number of fused-ring (bicyclic) bond motifs is 1. The molecular formula is C20H23NO2. The highest BCUT2D eigenvalue weighted by Gasteiger charge is 2.21. The second-order valence-corrected chi connectivity index (χ2v) is 6.13. The van der Waals surface area contributed by atoms with Crippen molar-refractivity contribution in [3.8, 4) is 5.75 Å². The van der Waals surface area contributed by atoms with Gasteiger partial charge in [0.1, 0.15) is 5.75 Å². The highest BCUT2D eigenvalue weighted by atomic mass is 16.5. The Morgan fingerprint density at radius 3 is 2.48 bits per heavy atom. The molecule has 0 aliphatic heterocycles. The molecule has 0 fully saturated rings. The summed E-state index contributed by atoms with van der Waals surface area (Å²) in [5.74, 6) is 0.738. The molecule has 1 aliphatic carbocycles. The highest BCUT2D eigenvalue weighted by molar-refractivity contribution is 5.95. The van der Waals surface area contributed by atoms with E-state index in [-0.39, 0.29) is 5.91 Å². The van der Waals surface area contributed by atoms with E-state index in [9.17, 15) is 4.79 Å². The SMILES string of the molecule is C[C@@H](Oc1ccc2c(c1)CCCC2)C(=O)N(C)c1ccccc1. The van der Waals surface area contributed by atoms with Crippen molar-refractivity contribution in [2.75, 3.05) is 11.9 Å². The van der Waals surface area contributed by atoms with Gasteiger partial charge in [-0.25, -0.2) is 0 Å². The molecule has 0 saturated carbocycles. The van der Waals surface area contributed by atoms with E-state index in [0.717, 1.165) is 24.3 Å². The lowest BCUT2D eigenvalue weighted by Gasteiger charge is -2.23. The minimum atomic E-state index is -0.512. The van der Waals surface area contributed by atoms with Gasteiger partial charge in [-0.05, 0) is 68.0 Å². The molecule has 0 spiro atoms. The minimum absolute atomic E-state index is 0.0473. The van der Waals surface area contributed by atoms with E-state index in [1.54, 1.807) is 18.9 Å². The number of rotatable bonds is 4. The molecular weight excluding hydrogens is 286 g/mol. The predicted octanol–water partition coefficient (Wildman–Crippen LogP) is 4.00. The van der Waals surface area contributed by atoms with E-state index in [4.69, 9.17) is 4.74 Å². The molecule has 0 heterocycles. The number of anilines is 1. The van der Waals surface area contributed by atoms with Crippen molar-refractivity contribution in [2.45, 2.75) is 38.7 Å². The average Bonchev–Trinajstić information content (AvgIpc) is 2.61. The third-order valence-corrected chi connectivity index (χ3v) is 4.45. The summed E-state index contributed by atoms with van der Waals surface area (Å²) >= 11 is 0. The Morgan fingerprint density at radius 1 is 1.04 bits per heavy atom. The number of amides is 1. The molecule has 0 N–H and O–H groups in total. The third kappa shape index (κ3) is 3.55. The summed E-state index contributed by atoms with van der Waals surface area (Å²) in [6, 6.07) is 15.9. The number of nitrogens with zero attached hydrogens (tertiary/aromatic N) is 1. The first-order chi connectivity index (χ1) is 11.1. The zero-order valence-electron chi connectivity index (χ0n) is 13.8. The van der Waals surface area contributed by atoms with Gasteiger partial charge in [0.05, 0.1) is 0 Å². The quantitative estimate of drug-likeness (QED) is 0.854. The predicted molar refractivity (Wildman–Crippen MR) is 93.0 cm³/mol. The van der Waals surface area contributed by atoms with Crippen molar-refractivity contribution in [2.24, 2.45) is 0 Å². The zero-order valence-corrected chi connectivity index (χ0v) is 13.8. The lowest BCUT2D eigenvalue weighted by atomic mass is 9.92. The van der Waals surface area contributed by atoms with E-state index in [0.29, 0.717) is 0 Å². The molecule has 2 aromatic rings. The maximum Gasteiger partial charge on any atom is 0.267 e. The van der Waals surface area contributed by atoms with Crippen LogP contribution in [0.5, 0.6) is 5.75 Å². The van der Waals surface area contributed by atoms with Gasteiger partial charge in [-0.15, -0.1) is 0 Å². The number of likely N-dealkylation sites (N-methyl/N-ethyl adjacent to an activating group) is 1. The Balaban J connectivity index is 1.69. The van der Waals surface area contributed by atoms with Crippen molar-refractivity contribution in [3.63, 3.8) is 0 Å². The van der Waals surface area contributed by atoms with Gasteiger partial charge >= 0.3 is 0 Å². The van der Waals surface area contributed by atoms with Crippen molar-refractivity contribution in [3.05, 3.63) is 59.7 Å². The maximum atomic E-state index is 12.5. The first-order valence-corrected chi connectivity index (χ1v) is 8.26. The Bertz CT molecular complexity index is 681. The topological polar surface area (TPSA) is 29.5 Å². The molecule has 1 atom stereocenters. The van der Waals surface area contributed by atoms with Gasteiger partial charge in [-0.2, -0.15) is 0 Å². The van der Waals surface area contributed by atoms with Crippen molar-refractivity contribution < 1.29 is 9.53 Å². The number of hydrogen-bond donors (Lipinski definition) is 0. The second-order valence-electron chi connectivity index (χ2n) is 6.13. The molecule has 1 aliphatic rings. The average molecular weight is 309 g/mol. The normalized spacial score (nSPS) is 14.7. The summed E-state index contributed by atoms with van der Waals surface area (Å²) in [6.07, 6.45) is 4.26. The van der Waals surface area contributed by atoms with Crippen LogP contribution >= 0.6 is 0 Å². The summed E-state index contributed by atoms with van der Waals surface area (Å²) in [6.45, 7) is 1.81. The van der Waals surface area contributed by atoms with Gasteiger partial charge < -0.3 is 9.64 Å². The molecule has 3 heteroatoms. The number of carbonyl (C=O) groups excluding carboxylic acids is 1. The molecule has 0 radical (unpaired) electrons. The molecule has 1 amide bonds. The molecule has 0 saturated heterocycles. The van der Waals surface area contributed by atoms with Crippen LogP contribution in [0, 0.1) is 0 Å². The second kappa shape index (κ2) is 6.86. The van der Waals surface area contributed by atoms with Gasteiger partial charge in [0.25, 0.3) is 5.91 Å². The van der Waals surface area contributed by atoms with Gasteiger partial charge in [0, 0.05) is 12.7 Å². The Hall–Kier alpha value is -2.29. The van der Waals surface area contributed by atoms with Gasteiger partial charge in [0.2, 0.25) is 0 Å². The van der Waals surface area contributed by atoms with Crippen LogP contribution in [0.4, 0.5) is 5.69 Å². The standard InChI is InChI=1S/C20H23NO2/c1-15(20(22)21(2)18-10-4-3-5-11-18)23-19-13-12-16-8-6-7-9-17(16)14-19/h3-5,10-15H,6-9H2,1-2H3/t15-/m1/s1. The van der Waals surface area contributed by atoms with Crippen LogP contribution < -0.4 is 9.64 Å². The number of carbonyl (C=O) groups is 1. The lowest BCUT2D eigenvalue weighted by molar-refractivity contribution is -0.124. The van der Waals surface area contributed by atoms with Crippen LogP contribution in [0.1, 0.15) is 30.9 Å².